The van der Waals surface area contributed by atoms with Crippen molar-refractivity contribution in [2.45, 2.75) is 6.54 Å². The van der Waals surface area contributed by atoms with E-state index in [4.69, 9.17) is 21.5 Å². The highest BCUT2D eigenvalue weighted by molar-refractivity contribution is 6.31. The maximum Gasteiger partial charge on any atom is 0.145 e. The lowest BCUT2D eigenvalue weighted by Crippen LogP contribution is -2.07. The summed E-state index contributed by atoms with van der Waals surface area (Å²) in [5.41, 5.74) is 2.34. The molecule has 0 aliphatic rings. The highest BCUT2D eigenvalue weighted by Crippen LogP contribution is 2.25. The van der Waals surface area contributed by atoms with Crippen LogP contribution in [0.1, 0.15) is 5.56 Å². The molecule has 0 atom stereocenters. The Kier molecular flexibility index (Phi) is 3.48. The van der Waals surface area contributed by atoms with Gasteiger partial charge in [-0.05, 0) is 11.6 Å². The summed E-state index contributed by atoms with van der Waals surface area (Å²) in [6.45, 7) is 0.0763. The van der Waals surface area contributed by atoms with Crippen molar-refractivity contribution in [3.63, 3.8) is 0 Å². The number of methoxy groups -OCH3 is 1. The van der Waals surface area contributed by atoms with Crippen LogP contribution in [0.5, 0.6) is 5.75 Å². The van der Waals surface area contributed by atoms with Gasteiger partial charge in [-0.3, -0.25) is 0 Å². The summed E-state index contributed by atoms with van der Waals surface area (Å²) in [4.78, 5) is 0. The largest absolute Gasteiger partial charge is 0.497 e. The maximum atomic E-state index is 13.0. The highest BCUT2D eigenvalue weighted by Gasteiger charge is 2.08. The van der Waals surface area contributed by atoms with E-state index >= 15 is 0 Å². The Morgan fingerprint density at radius 3 is 2.85 bits per heavy atom. The van der Waals surface area contributed by atoms with Crippen LogP contribution in [0.3, 0.4) is 0 Å². The van der Waals surface area contributed by atoms with Gasteiger partial charge in [-0.2, -0.15) is 0 Å². The normalized spacial score (nSPS) is 10.2. The molecule has 0 heterocycles. The Balaban J connectivity index is 3.09. The van der Waals surface area contributed by atoms with Gasteiger partial charge in [-0.15, -0.1) is 0 Å². The molecule has 3 nitrogen and oxygen atoms in total. The number of hydrogen-bond donors (Lipinski definition) is 2. The van der Waals surface area contributed by atoms with Crippen molar-refractivity contribution in [2.75, 3.05) is 7.11 Å². The lowest BCUT2D eigenvalue weighted by Gasteiger charge is -2.06. The fourth-order valence-corrected chi connectivity index (χ4v) is 1.13. The summed E-state index contributed by atoms with van der Waals surface area (Å²) < 4.78 is 17.9. The summed E-state index contributed by atoms with van der Waals surface area (Å²) in [7, 11) is 1.43. The van der Waals surface area contributed by atoms with Crippen LogP contribution in [0.4, 0.5) is 4.39 Å². The average molecular weight is 206 g/mol. The molecule has 0 saturated carbocycles. The van der Waals surface area contributed by atoms with Gasteiger partial charge in [0.25, 0.3) is 0 Å². The van der Waals surface area contributed by atoms with Crippen LogP contribution in [0.25, 0.3) is 0 Å². The van der Waals surface area contributed by atoms with Crippen molar-refractivity contribution in [1.82, 2.24) is 5.48 Å². The number of ether oxygens (including phenoxy) is 1. The second-order valence-electron chi connectivity index (χ2n) is 2.42. The quantitative estimate of drug-likeness (QED) is 0.742. The molecule has 0 aliphatic carbocycles. The molecule has 0 aliphatic heterocycles. The van der Waals surface area contributed by atoms with Gasteiger partial charge >= 0.3 is 0 Å². The molecule has 0 saturated heterocycles. The van der Waals surface area contributed by atoms with Gasteiger partial charge in [0, 0.05) is 12.6 Å². The lowest BCUT2D eigenvalue weighted by molar-refractivity contribution is 0.161. The third-order valence-corrected chi connectivity index (χ3v) is 2.01. The number of benzene rings is 1. The summed E-state index contributed by atoms with van der Waals surface area (Å²) in [5.74, 6) is -0.196. The zero-order valence-electron chi connectivity index (χ0n) is 6.97. The molecule has 1 aromatic carbocycles. The number of hydrogen-bond acceptors (Lipinski definition) is 3. The number of hydroxylamine groups is 1. The molecule has 2 N–H and O–H groups in total. The first-order chi connectivity index (χ1) is 6.19. The van der Waals surface area contributed by atoms with Crippen LogP contribution < -0.4 is 10.2 Å². The molecule has 1 aromatic rings. The smallest absolute Gasteiger partial charge is 0.145 e. The van der Waals surface area contributed by atoms with E-state index in [0.717, 1.165) is 0 Å². The van der Waals surface area contributed by atoms with Crippen molar-refractivity contribution in [3.8, 4) is 5.75 Å². The van der Waals surface area contributed by atoms with Crippen molar-refractivity contribution in [2.24, 2.45) is 0 Å². The minimum atomic E-state index is -0.564. The summed E-state index contributed by atoms with van der Waals surface area (Å²) >= 11 is 5.62. The Bertz CT molecular complexity index is 306. The van der Waals surface area contributed by atoms with Crippen LogP contribution in [0.15, 0.2) is 12.1 Å². The molecular weight excluding hydrogens is 197 g/mol. The average Bonchev–Trinajstić information content (AvgIpc) is 2.13. The van der Waals surface area contributed by atoms with E-state index in [0.29, 0.717) is 11.3 Å². The van der Waals surface area contributed by atoms with E-state index in [1.54, 1.807) is 6.07 Å². The molecule has 13 heavy (non-hydrogen) atoms. The molecule has 72 valence electrons. The third kappa shape index (κ3) is 2.30. The molecule has 0 aromatic heterocycles. The molecular formula is C8H9ClFNO2. The summed E-state index contributed by atoms with van der Waals surface area (Å²) in [6, 6.07) is 2.73. The van der Waals surface area contributed by atoms with Gasteiger partial charge in [0.1, 0.15) is 11.6 Å². The van der Waals surface area contributed by atoms with Crippen LogP contribution >= 0.6 is 11.6 Å². The summed E-state index contributed by atoms with van der Waals surface area (Å²) in [6.07, 6.45) is 0. The van der Waals surface area contributed by atoms with Gasteiger partial charge in [0.05, 0.1) is 12.1 Å². The van der Waals surface area contributed by atoms with Gasteiger partial charge in [-0.25, -0.2) is 9.87 Å². The first-order valence-electron chi connectivity index (χ1n) is 3.58. The number of halogens is 2. The Morgan fingerprint density at radius 2 is 2.31 bits per heavy atom. The van der Waals surface area contributed by atoms with Crippen LogP contribution in [-0.2, 0) is 6.54 Å². The number of rotatable bonds is 3. The minimum Gasteiger partial charge on any atom is -0.497 e. The van der Waals surface area contributed by atoms with E-state index in [1.165, 1.54) is 13.2 Å². The van der Waals surface area contributed by atoms with Crippen LogP contribution in [0.2, 0.25) is 5.02 Å². The van der Waals surface area contributed by atoms with Gasteiger partial charge < -0.3 is 9.94 Å². The SMILES string of the molecule is COc1cc(F)c(Cl)c(CNO)c1. The summed E-state index contributed by atoms with van der Waals surface area (Å²) in [5, 5.41) is 8.42. The first kappa shape index (κ1) is 10.2. The lowest BCUT2D eigenvalue weighted by atomic mass is 10.2. The zero-order chi connectivity index (χ0) is 9.84. The fraction of sp³-hybridized carbons (Fsp3) is 0.250. The Labute approximate surface area is 80.0 Å². The van der Waals surface area contributed by atoms with Gasteiger partial charge in [-0.1, -0.05) is 11.6 Å². The molecule has 0 bridgehead atoms. The maximum absolute atomic E-state index is 13.0. The minimum absolute atomic E-state index is 0.0117. The van der Waals surface area contributed by atoms with Crippen molar-refractivity contribution >= 4 is 11.6 Å². The Morgan fingerprint density at radius 1 is 1.62 bits per heavy atom. The zero-order valence-corrected chi connectivity index (χ0v) is 7.73. The van der Waals surface area contributed by atoms with E-state index in [2.05, 4.69) is 0 Å². The topological polar surface area (TPSA) is 41.5 Å². The van der Waals surface area contributed by atoms with E-state index in [-0.39, 0.29) is 11.6 Å². The van der Waals surface area contributed by atoms with Crippen LogP contribution in [0, 0.1) is 5.82 Å². The monoisotopic (exact) mass is 205 g/mol. The standard InChI is InChI=1S/C8H9ClFNO2/c1-13-6-2-5(4-11-12)8(9)7(10)3-6/h2-3,11-12H,4H2,1H3. The number of nitrogens with one attached hydrogen (secondary N) is 1. The molecule has 0 fully saturated rings. The predicted molar refractivity (Wildman–Crippen MR) is 46.6 cm³/mol. The van der Waals surface area contributed by atoms with Gasteiger partial charge in [0.15, 0.2) is 0 Å². The van der Waals surface area contributed by atoms with E-state index in [1.807, 2.05) is 5.48 Å². The van der Waals surface area contributed by atoms with Crippen molar-refractivity contribution < 1.29 is 14.3 Å². The second kappa shape index (κ2) is 4.41. The van der Waals surface area contributed by atoms with Crippen molar-refractivity contribution in [3.05, 3.63) is 28.5 Å². The Hall–Kier alpha value is -0.840. The second-order valence-corrected chi connectivity index (χ2v) is 2.80. The van der Waals surface area contributed by atoms with Crippen molar-refractivity contribution in [1.29, 1.82) is 0 Å². The first-order valence-corrected chi connectivity index (χ1v) is 3.95. The molecule has 0 spiro atoms. The molecule has 0 unspecified atom stereocenters. The van der Waals surface area contributed by atoms with Crippen LogP contribution in [-0.4, -0.2) is 12.3 Å². The van der Waals surface area contributed by atoms with Gasteiger partial charge in [0.2, 0.25) is 0 Å². The van der Waals surface area contributed by atoms with E-state index in [9.17, 15) is 4.39 Å². The predicted octanol–water partition coefficient (Wildman–Crippen LogP) is 1.97. The molecule has 5 heteroatoms. The third-order valence-electron chi connectivity index (χ3n) is 1.58. The fourth-order valence-electron chi connectivity index (χ4n) is 0.950. The molecule has 0 amide bonds. The van der Waals surface area contributed by atoms with E-state index < -0.39 is 5.82 Å². The molecule has 0 radical (unpaired) electrons. The molecule has 1 rings (SSSR count). The highest BCUT2D eigenvalue weighted by atomic mass is 35.5.